The lowest BCUT2D eigenvalue weighted by atomic mass is 9.97. The lowest BCUT2D eigenvalue weighted by Gasteiger charge is -2.17. The molecule has 3 aromatic heterocycles. The van der Waals surface area contributed by atoms with Gasteiger partial charge in [-0.25, -0.2) is 0 Å². The standard InChI is InChI=1S/C50H29N5/c51-30-33-28-42(32-22-24-36(25-23-32)53-43-18-8-4-14-37(43)38-15-5-9-19-44(38)53)48(29-34(33)31-52)55-45-20-10-6-16-39(45)40-26-27-47-49(50(40)55)41-17-7-11-21-46(41)54(47)35-12-2-1-3-13-35/h1-29H. The van der Waals surface area contributed by atoms with Gasteiger partial charge in [-0.2, -0.15) is 10.5 Å². The fourth-order valence-electron chi connectivity index (χ4n) is 8.79. The first-order valence-electron chi connectivity index (χ1n) is 18.3. The molecule has 0 radical (unpaired) electrons. The SMILES string of the molecule is N#Cc1cc(-c2ccc(-n3c4ccccc4c4ccccc43)cc2)c(-n2c3ccccc3c3ccc4c(c5ccccc5n4-c4ccccc4)c32)cc1C#N. The van der Waals surface area contributed by atoms with Crippen LogP contribution in [0.25, 0.3) is 93.6 Å². The van der Waals surface area contributed by atoms with Crippen LogP contribution in [-0.4, -0.2) is 13.7 Å². The number of fused-ring (bicyclic) bond motifs is 10. The molecule has 8 aromatic carbocycles. The Morgan fingerprint density at radius 1 is 0.364 bits per heavy atom. The van der Waals surface area contributed by atoms with E-state index in [9.17, 15) is 10.5 Å². The van der Waals surface area contributed by atoms with Crippen LogP contribution in [0.1, 0.15) is 11.1 Å². The van der Waals surface area contributed by atoms with Crippen molar-refractivity contribution in [1.82, 2.24) is 13.7 Å². The second-order valence-electron chi connectivity index (χ2n) is 14.0. The first kappa shape index (κ1) is 30.7. The van der Waals surface area contributed by atoms with Crippen molar-refractivity contribution < 1.29 is 0 Å². The summed E-state index contributed by atoms with van der Waals surface area (Å²) in [6, 6.07) is 66.0. The fraction of sp³-hybridized carbons (Fsp3) is 0. The summed E-state index contributed by atoms with van der Waals surface area (Å²) in [5.74, 6) is 0. The Labute approximate surface area is 316 Å². The molecule has 0 bridgehead atoms. The predicted octanol–water partition coefficient (Wildman–Crippen LogP) is 12.4. The smallest absolute Gasteiger partial charge is 0.101 e. The number of rotatable bonds is 4. The van der Waals surface area contributed by atoms with E-state index in [2.05, 4.69) is 184 Å². The Hall–Kier alpha value is -7.86. The molecule has 0 aliphatic rings. The summed E-state index contributed by atoms with van der Waals surface area (Å²) in [5, 5.41) is 27.6. The van der Waals surface area contributed by atoms with E-state index in [0.29, 0.717) is 11.1 Å². The third-order valence-electron chi connectivity index (χ3n) is 11.1. The van der Waals surface area contributed by atoms with Gasteiger partial charge >= 0.3 is 0 Å². The van der Waals surface area contributed by atoms with E-state index in [1.54, 1.807) is 0 Å². The van der Waals surface area contributed by atoms with Crippen LogP contribution in [0.3, 0.4) is 0 Å². The number of hydrogen-bond acceptors (Lipinski definition) is 2. The summed E-state index contributed by atoms with van der Waals surface area (Å²) >= 11 is 0. The van der Waals surface area contributed by atoms with Gasteiger partial charge in [-0.1, -0.05) is 109 Å². The molecule has 5 heteroatoms. The van der Waals surface area contributed by atoms with Gasteiger partial charge in [0.15, 0.2) is 0 Å². The van der Waals surface area contributed by atoms with Crippen LogP contribution >= 0.6 is 0 Å². The maximum atomic E-state index is 10.4. The Kier molecular flexibility index (Phi) is 6.61. The van der Waals surface area contributed by atoms with Crippen LogP contribution in [0.15, 0.2) is 176 Å². The molecule has 0 saturated carbocycles. The van der Waals surface area contributed by atoms with Gasteiger partial charge in [0.2, 0.25) is 0 Å². The van der Waals surface area contributed by atoms with Gasteiger partial charge in [0, 0.05) is 49.3 Å². The fourth-order valence-corrected chi connectivity index (χ4v) is 8.79. The molecule has 0 amide bonds. The van der Waals surface area contributed by atoms with E-state index in [-0.39, 0.29) is 0 Å². The van der Waals surface area contributed by atoms with Crippen LogP contribution in [0.5, 0.6) is 0 Å². The van der Waals surface area contributed by atoms with Crippen molar-refractivity contribution >= 4 is 65.4 Å². The van der Waals surface area contributed by atoms with Crippen LogP contribution in [0, 0.1) is 22.7 Å². The second-order valence-corrected chi connectivity index (χ2v) is 14.0. The van der Waals surface area contributed by atoms with Crippen molar-refractivity contribution in [3.8, 4) is 40.3 Å². The summed E-state index contributed by atoms with van der Waals surface area (Å²) < 4.78 is 6.95. The number of nitrogens with zero attached hydrogens (tertiary/aromatic N) is 5. The Bertz CT molecular complexity index is 3380. The molecule has 0 fully saturated rings. The predicted molar refractivity (Wildman–Crippen MR) is 224 cm³/mol. The zero-order chi connectivity index (χ0) is 36.6. The second kappa shape index (κ2) is 11.8. The molecule has 0 spiro atoms. The first-order chi connectivity index (χ1) is 27.2. The Morgan fingerprint density at radius 3 is 1.45 bits per heavy atom. The molecule has 0 saturated heterocycles. The average molecular weight is 700 g/mol. The van der Waals surface area contributed by atoms with Crippen molar-refractivity contribution in [2.24, 2.45) is 0 Å². The molecule has 5 nitrogen and oxygen atoms in total. The van der Waals surface area contributed by atoms with Crippen LogP contribution < -0.4 is 0 Å². The maximum absolute atomic E-state index is 10.4. The van der Waals surface area contributed by atoms with E-state index < -0.39 is 0 Å². The molecule has 254 valence electrons. The van der Waals surface area contributed by atoms with Crippen molar-refractivity contribution in [3.05, 3.63) is 187 Å². The molecule has 0 unspecified atom stereocenters. The van der Waals surface area contributed by atoms with Gasteiger partial charge in [-0.15, -0.1) is 0 Å². The van der Waals surface area contributed by atoms with Gasteiger partial charge in [0.25, 0.3) is 0 Å². The first-order valence-corrected chi connectivity index (χ1v) is 18.3. The minimum absolute atomic E-state index is 0.341. The van der Waals surface area contributed by atoms with Gasteiger partial charge in [-0.3, -0.25) is 0 Å². The molecule has 0 aliphatic heterocycles. The number of nitriles is 2. The monoisotopic (exact) mass is 699 g/mol. The highest BCUT2D eigenvalue weighted by atomic mass is 15.0. The molecule has 0 atom stereocenters. The highest BCUT2D eigenvalue weighted by Gasteiger charge is 2.23. The average Bonchev–Trinajstić information content (AvgIpc) is 3.89. The van der Waals surface area contributed by atoms with E-state index in [4.69, 9.17) is 0 Å². The summed E-state index contributed by atoms with van der Waals surface area (Å²) in [6.07, 6.45) is 0. The molecular weight excluding hydrogens is 671 g/mol. The number of para-hydroxylation sites is 5. The van der Waals surface area contributed by atoms with Crippen molar-refractivity contribution in [3.63, 3.8) is 0 Å². The zero-order valence-electron chi connectivity index (χ0n) is 29.5. The van der Waals surface area contributed by atoms with Crippen molar-refractivity contribution in [1.29, 1.82) is 10.5 Å². The van der Waals surface area contributed by atoms with Crippen molar-refractivity contribution in [2.75, 3.05) is 0 Å². The van der Waals surface area contributed by atoms with Crippen LogP contribution in [-0.2, 0) is 0 Å². The number of benzene rings is 8. The van der Waals surface area contributed by atoms with Crippen LogP contribution in [0.2, 0.25) is 0 Å². The van der Waals surface area contributed by atoms with Gasteiger partial charge < -0.3 is 13.7 Å². The number of hydrogen-bond donors (Lipinski definition) is 0. The largest absolute Gasteiger partial charge is 0.309 e. The zero-order valence-corrected chi connectivity index (χ0v) is 29.5. The molecule has 0 N–H and O–H groups in total. The normalized spacial score (nSPS) is 11.6. The quantitative estimate of drug-likeness (QED) is 0.184. The van der Waals surface area contributed by atoms with E-state index >= 15 is 0 Å². The molecule has 55 heavy (non-hydrogen) atoms. The minimum atomic E-state index is 0.341. The van der Waals surface area contributed by atoms with Gasteiger partial charge in [0.1, 0.15) is 12.1 Å². The summed E-state index contributed by atoms with van der Waals surface area (Å²) in [4.78, 5) is 0. The van der Waals surface area contributed by atoms with E-state index in [1.807, 2.05) is 18.2 Å². The van der Waals surface area contributed by atoms with Crippen LogP contribution in [0.4, 0.5) is 0 Å². The summed E-state index contributed by atoms with van der Waals surface area (Å²) in [7, 11) is 0. The maximum Gasteiger partial charge on any atom is 0.101 e. The number of aromatic nitrogens is 3. The molecular formula is C50H29N5. The van der Waals surface area contributed by atoms with E-state index in [1.165, 1.54) is 10.8 Å². The molecule has 3 heterocycles. The summed E-state index contributed by atoms with van der Waals surface area (Å²) in [6.45, 7) is 0. The van der Waals surface area contributed by atoms with E-state index in [0.717, 1.165) is 82.8 Å². The Morgan fingerprint density at radius 2 is 0.836 bits per heavy atom. The molecule has 11 aromatic rings. The highest BCUT2D eigenvalue weighted by Crippen LogP contribution is 2.44. The molecule has 11 rings (SSSR count). The van der Waals surface area contributed by atoms with Gasteiger partial charge in [-0.05, 0) is 72.3 Å². The summed E-state index contributed by atoms with van der Waals surface area (Å²) in [5.41, 5.74) is 12.1. The molecule has 0 aliphatic carbocycles. The minimum Gasteiger partial charge on any atom is -0.309 e. The lowest BCUT2D eigenvalue weighted by molar-refractivity contribution is 1.17. The van der Waals surface area contributed by atoms with Gasteiger partial charge in [0.05, 0.1) is 49.9 Å². The third kappa shape index (κ3) is 4.39. The third-order valence-corrected chi connectivity index (χ3v) is 11.1. The topological polar surface area (TPSA) is 62.4 Å². The Balaban J connectivity index is 1.22. The lowest BCUT2D eigenvalue weighted by Crippen LogP contribution is -2.01. The highest BCUT2D eigenvalue weighted by molar-refractivity contribution is 6.26. The van der Waals surface area contributed by atoms with Crippen molar-refractivity contribution in [2.45, 2.75) is 0 Å².